The van der Waals surface area contributed by atoms with E-state index in [1.165, 1.54) is 23.5 Å². The van der Waals surface area contributed by atoms with E-state index in [-0.39, 0.29) is 11.3 Å². The highest BCUT2D eigenvalue weighted by molar-refractivity contribution is 7.09. The number of carboxylic acids is 1. The van der Waals surface area contributed by atoms with Crippen molar-refractivity contribution in [2.75, 3.05) is 5.32 Å². The number of carboxylic acid groups (broad SMARTS) is 1. The molecule has 2 aromatic rings. The van der Waals surface area contributed by atoms with Gasteiger partial charge in [0.25, 0.3) is 5.69 Å². The lowest BCUT2D eigenvalue weighted by Gasteiger charge is -2.08. The van der Waals surface area contributed by atoms with Crippen molar-refractivity contribution >= 4 is 28.7 Å². The van der Waals surface area contributed by atoms with E-state index in [1.807, 2.05) is 6.92 Å². The van der Waals surface area contributed by atoms with Crippen LogP contribution in [0.1, 0.15) is 20.9 Å². The molecule has 0 aliphatic heterocycles. The highest BCUT2D eigenvalue weighted by atomic mass is 32.1. The lowest BCUT2D eigenvalue weighted by molar-refractivity contribution is -0.384. The second-order valence-corrected chi connectivity index (χ2v) is 4.95. The molecule has 2 rings (SSSR count). The predicted octanol–water partition coefficient (Wildman–Crippen LogP) is 2.67. The minimum atomic E-state index is -1.21. The number of aromatic nitrogens is 1. The molecule has 104 valence electrons. The van der Waals surface area contributed by atoms with Gasteiger partial charge in [-0.05, 0) is 13.0 Å². The summed E-state index contributed by atoms with van der Waals surface area (Å²) in [7, 11) is 0. The van der Waals surface area contributed by atoms with Crippen LogP contribution in [0.25, 0.3) is 0 Å². The Labute approximate surface area is 118 Å². The Morgan fingerprint density at radius 1 is 1.55 bits per heavy atom. The van der Waals surface area contributed by atoms with E-state index in [4.69, 9.17) is 5.11 Å². The molecule has 0 aliphatic carbocycles. The van der Waals surface area contributed by atoms with E-state index in [0.29, 0.717) is 12.2 Å². The number of carbonyl (C=O) groups is 1. The van der Waals surface area contributed by atoms with Gasteiger partial charge in [-0.15, -0.1) is 11.3 Å². The number of nitro groups is 1. The third kappa shape index (κ3) is 2.91. The summed E-state index contributed by atoms with van der Waals surface area (Å²) in [6.45, 7) is 2.29. The number of nitrogens with zero attached hydrogens (tertiary/aromatic N) is 2. The van der Waals surface area contributed by atoms with Gasteiger partial charge in [0.05, 0.1) is 28.2 Å². The average molecular weight is 293 g/mol. The molecule has 7 nitrogen and oxygen atoms in total. The fourth-order valence-electron chi connectivity index (χ4n) is 1.65. The summed E-state index contributed by atoms with van der Waals surface area (Å²) in [6, 6.07) is 3.72. The molecule has 1 aromatic heterocycles. The van der Waals surface area contributed by atoms with Crippen molar-refractivity contribution in [1.29, 1.82) is 0 Å². The van der Waals surface area contributed by atoms with E-state index >= 15 is 0 Å². The van der Waals surface area contributed by atoms with Crippen LogP contribution >= 0.6 is 11.3 Å². The molecular formula is C12H11N3O4S. The molecule has 0 amide bonds. The number of benzene rings is 1. The largest absolute Gasteiger partial charge is 0.478 e. The summed E-state index contributed by atoms with van der Waals surface area (Å²) in [6.07, 6.45) is 0. The van der Waals surface area contributed by atoms with Crippen LogP contribution in [0.4, 0.5) is 11.4 Å². The van der Waals surface area contributed by atoms with E-state index in [9.17, 15) is 14.9 Å². The summed E-state index contributed by atoms with van der Waals surface area (Å²) < 4.78 is 0. The molecule has 0 atom stereocenters. The summed E-state index contributed by atoms with van der Waals surface area (Å²) in [5.41, 5.74) is 2.56. The number of hydrogen-bond acceptors (Lipinski definition) is 6. The van der Waals surface area contributed by atoms with Gasteiger partial charge in [-0.25, -0.2) is 9.78 Å². The van der Waals surface area contributed by atoms with Gasteiger partial charge in [-0.2, -0.15) is 0 Å². The van der Waals surface area contributed by atoms with Crippen LogP contribution in [0.15, 0.2) is 23.7 Å². The molecule has 0 unspecified atom stereocenters. The molecule has 1 aromatic carbocycles. The zero-order valence-electron chi connectivity index (χ0n) is 10.5. The lowest BCUT2D eigenvalue weighted by Crippen LogP contribution is -2.07. The van der Waals surface area contributed by atoms with Gasteiger partial charge < -0.3 is 10.4 Å². The summed E-state index contributed by atoms with van der Waals surface area (Å²) in [5, 5.41) is 22.7. The fourth-order valence-corrected chi connectivity index (χ4v) is 2.37. The molecule has 0 saturated heterocycles. The Kier molecular flexibility index (Phi) is 3.94. The highest BCUT2D eigenvalue weighted by Crippen LogP contribution is 2.23. The van der Waals surface area contributed by atoms with E-state index in [1.54, 1.807) is 5.51 Å². The van der Waals surface area contributed by atoms with Gasteiger partial charge in [-0.1, -0.05) is 0 Å². The Morgan fingerprint density at radius 3 is 2.85 bits per heavy atom. The molecule has 0 aliphatic rings. The van der Waals surface area contributed by atoms with Gasteiger partial charge in [0, 0.05) is 22.7 Å². The Balaban J connectivity index is 2.25. The first-order valence-corrected chi connectivity index (χ1v) is 6.51. The first kappa shape index (κ1) is 13.9. The molecule has 0 radical (unpaired) electrons. The topological polar surface area (TPSA) is 105 Å². The maximum atomic E-state index is 11.2. The number of hydrogen-bond donors (Lipinski definition) is 2. The minimum absolute atomic E-state index is 0.124. The van der Waals surface area contributed by atoms with Crippen molar-refractivity contribution < 1.29 is 14.8 Å². The molecule has 0 fully saturated rings. The molecule has 0 saturated carbocycles. The van der Waals surface area contributed by atoms with Crippen molar-refractivity contribution in [2.45, 2.75) is 13.5 Å². The van der Waals surface area contributed by atoms with Gasteiger partial charge in [0.15, 0.2) is 0 Å². The number of non-ortho nitro benzene ring substituents is 1. The van der Waals surface area contributed by atoms with Crippen LogP contribution in [-0.2, 0) is 6.54 Å². The average Bonchev–Trinajstić information content (AvgIpc) is 2.81. The number of anilines is 1. The van der Waals surface area contributed by atoms with E-state index in [2.05, 4.69) is 10.3 Å². The summed E-state index contributed by atoms with van der Waals surface area (Å²) >= 11 is 1.46. The van der Waals surface area contributed by atoms with Crippen molar-refractivity contribution in [1.82, 2.24) is 4.98 Å². The second kappa shape index (κ2) is 5.66. The number of thiazole rings is 1. The molecule has 20 heavy (non-hydrogen) atoms. The third-order valence-electron chi connectivity index (χ3n) is 2.73. The lowest BCUT2D eigenvalue weighted by atomic mass is 10.1. The normalized spacial score (nSPS) is 10.2. The molecule has 0 bridgehead atoms. The zero-order valence-corrected chi connectivity index (χ0v) is 11.3. The highest BCUT2D eigenvalue weighted by Gasteiger charge is 2.16. The number of aromatic carboxylic acids is 1. The quantitative estimate of drug-likeness (QED) is 0.648. The van der Waals surface area contributed by atoms with Crippen molar-refractivity contribution in [3.05, 3.63) is 50.0 Å². The maximum absolute atomic E-state index is 11.2. The van der Waals surface area contributed by atoms with Gasteiger partial charge in [0.2, 0.25) is 0 Å². The first-order valence-electron chi connectivity index (χ1n) is 5.63. The van der Waals surface area contributed by atoms with Crippen LogP contribution < -0.4 is 5.32 Å². The zero-order chi connectivity index (χ0) is 14.7. The summed E-state index contributed by atoms with van der Waals surface area (Å²) in [5.74, 6) is -1.21. The number of nitro benzene ring substituents is 1. The molecule has 1 heterocycles. The predicted molar refractivity (Wildman–Crippen MR) is 74.2 cm³/mol. The van der Waals surface area contributed by atoms with Crippen LogP contribution in [0, 0.1) is 17.0 Å². The van der Waals surface area contributed by atoms with Crippen LogP contribution in [-0.4, -0.2) is 21.0 Å². The molecule has 2 N–H and O–H groups in total. The Hall–Kier alpha value is -2.48. The SMILES string of the molecule is Cc1ncsc1CNc1ccc([N+](=O)[O-])cc1C(=O)O. The number of aryl methyl sites for hydroxylation is 1. The standard InChI is InChI=1S/C12H11N3O4S/c1-7-11(20-6-14-7)5-13-10-3-2-8(15(18)19)4-9(10)12(16)17/h2-4,6,13H,5H2,1H3,(H,16,17). The van der Waals surface area contributed by atoms with Gasteiger partial charge in [-0.3, -0.25) is 10.1 Å². The molecule has 0 spiro atoms. The van der Waals surface area contributed by atoms with E-state index < -0.39 is 10.9 Å². The summed E-state index contributed by atoms with van der Waals surface area (Å²) in [4.78, 5) is 26.3. The van der Waals surface area contributed by atoms with Crippen LogP contribution in [0.5, 0.6) is 0 Å². The number of nitrogens with one attached hydrogen (secondary N) is 1. The monoisotopic (exact) mass is 293 g/mol. The first-order chi connectivity index (χ1) is 9.49. The van der Waals surface area contributed by atoms with E-state index in [0.717, 1.165) is 16.6 Å². The van der Waals surface area contributed by atoms with Crippen LogP contribution in [0.3, 0.4) is 0 Å². The van der Waals surface area contributed by atoms with Crippen molar-refractivity contribution in [3.8, 4) is 0 Å². The van der Waals surface area contributed by atoms with Gasteiger partial charge in [0.1, 0.15) is 0 Å². The molecular weight excluding hydrogens is 282 g/mol. The Morgan fingerprint density at radius 2 is 2.30 bits per heavy atom. The molecule has 8 heteroatoms. The van der Waals surface area contributed by atoms with Crippen LogP contribution in [0.2, 0.25) is 0 Å². The Bertz CT molecular complexity index is 668. The third-order valence-corrected chi connectivity index (χ3v) is 3.66. The minimum Gasteiger partial charge on any atom is -0.478 e. The fraction of sp³-hybridized carbons (Fsp3) is 0.167. The van der Waals surface area contributed by atoms with Gasteiger partial charge >= 0.3 is 5.97 Å². The smallest absolute Gasteiger partial charge is 0.338 e. The van der Waals surface area contributed by atoms with Crippen molar-refractivity contribution in [3.63, 3.8) is 0 Å². The van der Waals surface area contributed by atoms with Crippen molar-refractivity contribution in [2.24, 2.45) is 0 Å². The maximum Gasteiger partial charge on any atom is 0.338 e. The second-order valence-electron chi connectivity index (χ2n) is 4.01. The number of rotatable bonds is 5.